The monoisotopic (exact) mass is 542 g/mol. The zero-order valence-corrected chi connectivity index (χ0v) is 21.8. The lowest BCUT2D eigenvalue weighted by molar-refractivity contribution is -0.125. The van der Waals surface area contributed by atoms with Crippen LogP contribution in [0.4, 0.5) is 14.5 Å². The first-order valence-electron chi connectivity index (χ1n) is 11.7. The summed E-state index contributed by atoms with van der Waals surface area (Å²) >= 11 is 0.833. The van der Waals surface area contributed by atoms with Gasteiger partial charge in [0.2, 0.25) is 6.10 Å². The molecule has 0 fully saturated rings. The minimum absolute atomic E-state index is 0.0192. The van der Waals surface area contributed by atoms with Crippen molar-refractivity contribution in [2.24, 2.45) is 17.9 Å². The van der Waals surface area contributed by atoms with E-state index in [9.17, 15) is 18.4 Å². The number of halogens is 2. The van der Waals surface area contributed by atoms with E-state index in [1.54, 1.807) is 23.3 Å². The van der Waals surface area contributed by atoms with Crippen molar-refractivity contribution in [1.29, 1.82) is 0 Å². The summed E-state index contributed by atoms with van der Waals surface area (Å²) < 4.78 is 30.8. The Labute approximate surface area is 219 Å². The van der Waals surface area contributed by atoms with Gasteiger partial charge in [-0.1, -0.05) is 5.16 Å². The van der Waals surface area contributed by atoms with Gasteiger partial charge < -0.3 is 15.9 Å². The second kappa shape index (κ2) is 9.59. The number of hydrogen-bond donors (Lipinski definition) is 2. The van der Waals surface area contributed by atoms with Crippen LogP contribution in [0.5, 0.6) is 0 Å². The van der Waals surface area contributed by atoms with Crippen LogP contribution in [0.15, 0.2) is 23.6 Å². The molecule has 5 heterocycles. The topological polar surface area (TPSA) is 142 Å². The molecule has 38 heavy (non-hydrogen) atoms. The van der Waals surface area contributed by atoms with Crippen LogP contribution < -0.4 is 11.1 Å². The number of aromatic nitrogens is 5. The van der Waals surface area contributed by atoms with E-state index in [0.717, 1.165) is 22.6 Å². The van der Waals surface area contributed by atoms with Gasteiger partial charge in [-0.05, 0) is 32.4 Å². The van der Waals surface area contributed by atoms with Gasteiger partial charge in [0, 0.05) is 48.4 Å². The molecule has 4 aromatic rings. The zero-order valence-electron chi connectivity index (χ0n) is 21.0. The number of anilines is 1. The van der Waals surface area contributed by atoms with E-state index in [1.165, 1.54) is 12.3 Å². The van der Waals surface area contributed by atoms with Crippen LogP contribution in [-0.4, -0.2) is 48.2 Å². The summed E-state index contributed by atoms with van der Waals surface area (Å²) in [5, 5.41) is 15.8. The predicted molar refractivity (Wildman–Crippen MR) is 137 cm³/mol. The standard InChI is InChI=1S/C24H24F2N8O3S/c1-5-34-9-14(10(2)31-34)15-7-17(37-32-15)23(36)30-19-18-12(13-8-28-33(4)11(13)3)6-16(21(25)26)29-24(18)38-20(19)22(27)35/h6,8-9,17,21H,5,7H2,1-4H3,(H2,27,35)(H,30,36). The highest BCUT2D eigenvalue weighted by Crippen LogP contribution is 2.43. The van der Waals surface area contributed by atoms with Crippen LogP contribution in [0, 0.1) is 13.8 Å². The van der Waals surface area contributed by atoms with Gasteiger partial charge in [0.1, 0.15) is 15.4 Å². The van der Waals surface area contributed by atoms with Crippen molar-refractivity contribution in [3.8, 4) is 11.1 Å². The largest absolute Gasteiger partial charge is 0.382 e. The van der Waals surface area contributed by atoms with E-state index >= 15 is 0 Å². The highest BCUT2D eigenvalue weighted by atomic mass is 32.1. The molecule has 1 unspecified atom stereocenters. The molecule has 0 bridgehead atoms. The number of carbonyl (C=O) groups excluding carboxylic acids is 2. The summed E-state index contributed by atoms with van der Waals surface area (Å²) in [6.45, 7) is 6.27. The van der Waals surface area contributed by atoms with Crippen LogP contribution in [-0.2, 0) is 23.2 Å². The smallest absolute Gasteiger partial charge is 0.280 e. The minimum Gasteiger partial charge on any atom is -0.382 e. The Morgan fingerprint density at radius 3 is 2.66 bits per heavy atom. The maximum atomic E-state index is 13.7. The fourth-order valence-corrected chi connectivity index (χ4v) is 5.36. The SMILES string of the molecule is CCn1cc(C2=NOC(C(=O)Nc3c(C(N)=O)sc4nc(C(F)F)cc(-c5cnn(C)c5C)c34)C2)c(C)n1. The average Bonchev–Trinajstić information content (AvgIpc) is 3.65. The number of oxime groups is 1. The summed E-state index contributed by atoms with van der Waals surface area (Å²) in [7, 11) is 1.72. The third-order valence-electron chi connectivity index (χ3n) is 6.45. The lowest BCUT2D eigenvalue weighted by atomic mass is 10.0. The maximum absolute atomic E-state index is 13.7. The highest BCUT2D eigenvalue weighted by Gasteiger charge is 2.33. The quantitative estimate of drug-likeness (QED) is 0.365. The third kappa shape index (κ3) is 4.30. The molecular formula is C24H24F2N8O3S. The molecule has 11 nitrogen and oxygen atoms in total. The molecule has 5 rings (SSSR count). The summed E-state index contributed by atoms with van der Waals surface area (Å²) in [5.74, 6) is -1.40. The van der Waals surface area contributed by atoms with Crippen LogP contribution in [0.1, 0.15) is 52.1 Å². The number of amides is 2. The molecule has 4 aromatic heterocycles. The molecule has 1 aliphatic rings. The number of rotatable bonds is 7. The molecule has 0 radical (unpaired) electrons. The van der Waals surface area contributed by atoms with Gasteiger partial charge in [0.25, 0.3) is 18.2 Å². The van der Waals surface area contributed by atoms with Gasteiger partial charge in [-0.3, -0.25) is 19.0 Å². The van der Waals surface area contributed by atoms with Crippen LogP contribution in [0.3, 0.4) is 0 Å². The molecule has 2 amide bonds. The molecule has 0 saturated carbocycles. The summed E-state index contributed by atoms with van der Waals surface area (Å²) in [5.41, 5.74) is 8.94. The molecule has 0 spiro atoms. The summed E-state index contributed by atoms with van der Waals surface area (Å²) in [6.07, 6.45) is -0.286. The lowest BCUT2D eigenvalue weighted by Gasteiger charge is -2.12. The summed E-state index contributed by atoms with van der Waals surface area (Å²) in [4.78, 5) is 35.3. The van der Waals surface area contributed by atoms with E-state index in [2.05, 4.69) is 25.7 Å². The summed E-state index contributed by atoms with van der Waals surface area (Å²) in [6, 6.07) is 1.24. The Morgan fingerprint density at radius 2 is 2.05 bits per heavy atom. The van der Waals surface area contributed by atoms with Gasteiger partial charge in [0.05, 0.1) is 23.3 Å². The Kier molecular flexibility index (Phi) is 6.42. The van der Waals surface area contributed by atoms with Gasteiger partial charge in [-0.25, -0.2) is 13.8 Å². The van der Waals surface area contributed by atoms with Crippen molar-refractivity contribution in [2.45, 2.75) is 46.3 Å². The zero-order chi connectivity index (χ0) is 27.3. The molecule has 0 saturated heterocycles. The molecule has 0 aromatic carbocycles. The van der Waals surface area contributed by atoms with Crippen molar-refractivity contribution >= 4 is 44.8 Å². The van der Waals surface area contributed by atoms with E-state index < -0.39 is 30.0 Å². The molecule has 3 N–H and O–H groups in total. The van der Waals surface area contributed by atoms with Crippen molar-refractivity contribution in [2.75, 3.05) is 5.32 Å². The number of pyridine rings is 1. The first-order chi connectivity index (χ1) is 18.1. The van der Waals surface area contributed by atoms with Crippen molar-refractivity contribution in [1.82, 2.24) is 24.5 Å². The van der Waals surface area contributed by atoms with E-state index in [-0.39, 0.29) is 21.8 Å². The Balaban J connectivity index is 1.54. The van der Waals surface area contributed by atoms with E-state index in [4.69, 9.17) is 10.6 Å². The van der Waals surface area contributed by atoms with Gasteiger partial charge in [-0.2, -0.15) is 10.2 Å². The van der Waals surface area contributed by atoms with Crippen LogP contribution in [0.2, 0.25) is 0 Å². The Morgan fingerprint density at radius 1 is 1.29 bits per heavy atom. The molecular weight excluding hydrogens is 518 g/mol. The van der Waals surface area contributed by atoms with Gasteiger partial charge >= 0.3 is 0 Å². The molecule has 198 valence electrons. The number of nitrogens with one attached hydrogen (secondary N) is 1. The fourth-order valence-electron chi connectivity index (χ4n) is 4.34. The number of hydrogen-bond acceptors (Lipinski definition) is 8. The van der Waals surface area contributed by atoms with E-state index in [0.29, 0.717) is 34.5 Å². The maximum Gasteiger partial charge on any atom is 0.280 e. The third-order valence-corrected chi connectivity index (χ3v) is 7.54. The number of primary amides is 1. The number of fused-ring (bicyclic) bond motifs is 1. The predicted octanol–water partition coefficient (Wildman–Crippen LogP) is 3.70. The Hall–Kier alpha value is -4.20. The first-order valence-corrected chi connectivity index (χ1v) is 12.5. The number of aryl methyl sites for hydroxylation is 3. The number of carbonyl (C=O) groups is 2. The second-order valence-electron chi connectivity index (χ2n) is 8.82. The van der Waals surface area contributed by atoms with Gasteiger partial charge in [-0.15, -0.1) is 11.3 Å². The van der Waals surface area contributed by atoms with Crippen LogP contribution >= 0.6 is 11.3 Å². The average molecular weight is 543 g/mol. The first kappa shape index (κ1) is 25.4. The highest BCUT2D eigenvalue weighted by molar-refractivity contribution is 7.21. The number of alkyl halides is 2. The molecule has 1 atom stereocenters. The van der Waals surface area contributed by atoms with Crippen molar-refractivity contribution < 1.29 is 23.2 Å². The minimum atomic E-state index is -2.85. The van der Waals surface area contributed by atoms with Crippen LogP contribution in [0.25, 0.3) is 21.3 Å². The molecule has 0 aliphatic carbocycles. The molecule has 1 aliphatic heterocycles. The number of thiophene rings is 1. The normalized spacial score (nSPS) is 15.2. The molecule has 14 heteroatoms. The number of nitrogens with two attached hydrogens (primary N) is 1. The van der Waals surface area contributed by atoms with Crippen molar-refractivity contribution in [3.05, 3.63) is 46.0 Å². The van der Waals surface area contributed by atoms with Gasteiger partial charge in [0.15, 0.2) is 0 Å². The lowest BCUT2D eigenvalue weighted by Crippen LogP contribution is -2.29. The number of nitrogens with zero attached hydrogens (tertiary/aromatic N) is 6. The Bertz CT molecular complexity index is 1620. The van der Waals surface area contributed by atoms with E-state index in [1.807, 2.05) is 20.0 Å². The fraction of sp³-hybridized carbons (Fsp3) is 0.333. The van der Waals surface area contributed by atoms with Crippen molar-refractivity contribution in [3.63, 3.8) is 0 Å². The second-order valence-corrected chi connectivity index (χ2v) is 9.82.